The van der Waals surface area contributed by atoms with Crippen LogP contribution in [0, 0.1) is 0 Å². The van der Waals surface area contributed by atoms with Gasteiger partial charge in [0.25, 0.3) is 0 Å². The second-order valence-electron chi connectivity index (χ2n) is 6.92. The first-order valence-corrected chi connectivity index (χ1v) is 10.1. The summed E-state index contributed by atoms with van der Waals surface area (Å²) in [7, 11) is 0. The highest BCUT2D eigenvalue weighted by Crippen LogP contribution is 2.34. The van der Waals surface area contributed by atoms with Crippen molar-refractivity contribution in [1.29, 1.82) is 0 Å². The van der Waals surface area contributed by atoms with E-state index in [0.29, 0.717) is 11.3 Å². The molecule has 5 nitrogen and oxygen atoms in total. The summed E-state index contributed by atoms with van der Waals surface area (Å²) in [6.07, 6.45) is 0. The fourth-order valence-electron chi connectivity index (χ4n) is 3.21. The summed E-state index contributed by atoms with van der Waals surface area (Å²) in [5.41, 5.74) is 3.32. The summed E-state index contributed by atoms with van der Waals surface area (Å²) in [4.78, 5) is 26.2. The summed E-state index contributed by atoms with van der Waals surface area (Å²) in [6, 6.07) is 35.7. The van der Waals surface area contributed by atoms with Crippen molar-refractivity contribution in [2.24, 2.45) is 0 Å². The van der Waals surface area contributed by atoms with E-state index in [1.165, 1.54) is 0 Å². The van der Waals surface area contributed by atoms with Gasteiger partial charge in [-0.15, -0.1) is 0 Å². The third-order valence-electron chi connectivity index (χ3n) is 4.69. The zero-order chi connectivity index (χ0) is 22.2. The average molecular weight is 423 g/mol. The van der Waals surface area contributed by atoms with Crippen LogP contribution in [0.4, 0.5) is 17.1 Å². The van der Waals surface area contributed by atoms with Crippen molar-refractivity contribution in [2.75, 3.05) is 11.5 Å². The number of hydrogen-bond donors (Lipinski definition) is 0. The van der Waals surface area contributed by atoms with Crippen molar-refractivity contribution in [2.45, 2.75) is 0 Å². The lowest BCUT2D eigenvalue weighted by molar-refractivity contribution is -0.137. The number of anilines is 3. The van der Waals surface area contributed by atoms with Gasteiger partial charge in [0.2, 0.25) is 0 Å². The van der Waals surface area contributed by atoms with Crippen molar-refractivity contribution >= 4 is 29.0 Å². The molecule has 0 radical (unpaired) electrons. The monoisotopic (exact) mass is 423 g/mol. The van der Waals surface area contributed by atoms with Gasteiger partial charge < -0.3 is 14.4 Å². The number of carbonyl (C=O) groups is 2. The van der Waals surface area contributed by atoms with E-state index in [1.54, 1.807) is 42.5 Å². The molecule has 0 atom stereocenters. The Hall–Kier alpha value is -4.38. The Bertz CT molecular complexity index is 1120. The van der Waals surface area contributed by atoms with E-state index in [0.717, 1.165) is 17.1 Å². The molecule has 0 fully saturated rings. The fourth-order valence-corrected chi connectivity index (χ4v) is 3.21. The molecule has 4 aromatic carbocycles. The minimum atomic E-state index is -0.648. The molecule has 0 saturated heterocycles. The number of carbonyl (C=O) groups excluding carboxylic acids is 2. The minimum absolute atomic E-state index is 0.371. The van der Waals surface area contributed by atoms with Crippen LogP contribution in [0.5, 0.6) is 5.75 Å². The number of para-hydroxylation sites is 2. The van der Waals surface area contributed by atoms with Crippen molar-refractivity contribution in [1.82, 2.24) is 0 Å². The molecule has 4 rings (SSSR count). The lowest BCUT2D eigenvalue weighted by Gasteiger charge is -2.25. The van der Waals surface area contributed by atoms with Gasteiger partial charge in [0.1, 0.15) is 5.75 Å². The third kappa shape index (κ3) is 5.21. The molecule has 0 unspecified atom stereocenters. The molecular weight excluding hydrogens is 402 g/mol. The first kappa shape index (κ1) is 20.9. The number of hydrogen-bond acceptors (Lipinski definition) is 5. The van der Waals surface area contributed by atoms with Gasteiger partial charge in [-0.2, -0.15) is 0 Å². The largest absolute Gasteiger partial charge is 0.450 e. The molecule has 4 aromatic rings. The zero-order valence-corrected chi connectivity index (χ0v) is 17.3. The van der Waals surface area contributed by atoms with E-state index in [-0.39, 0.29) is 0 Å². The Kier molecular flexibility index (Phi) is 6.58. The maximum Gasteiger partial charge on any atom is 0.349 e. The van der Waals surface area contributed by atoms with Crippen molar-refractivity contribution in [3.8, 4) is 5.75 Å². The predicted octanol–water partition coefficient (Wildman–Crippen LogP) is 5.92. The Morgan fingerprint density at radius 2 is 1.06 bits per heavy atom. The van der Waals surface area contributed by atoms with E-state index in [1.807, 2.05) is 72.8 Å². The maximum atomic E-state index is 12.1. The second-order valence-corrected chi connectivity index (χ2v) is 6.92. The molecule has 0 spiro atoms. The predicted molar refractivity (Wildman–Crippen MR) is 123 cm³/mol. The summed E-state index contributed by atoms with van der Waals surface area (Å²) in [5, 5.41) is 0. The van der Waals surface area contributed by atoms with Gasteiger partial charge in [-0.25, -0.2) is 9.59 Å². The van der Waals surface area contributed by atoms with Gasteiger partial charge in [-0.05, 0) is 60.7 Å². The van der Waals surface area contributed by atoms with E-state index >= 15 is 0 Å². The van der Waals surface area contributed by atoms with Crippen LogP contribution in [0.25, 0.3) is 0 Å². The molecule has 0 saturated carbocycles. The Balaban J connectivity index is 1.43. The topological polar surface area (TPSA) is 55.8 Å². The third-order valence-corrected chi connectivity index (χ3v) is 4.69. The van der Waals surface area contributed by atoms with Gasteiger partial charge in [0, 0.05) is 17.1 Å². The van der Waals surface area contributed by atoms with Gasteiger partial charge >= 0.3 is 11.9 Å². The van der Waals surface area contributed by atoms with E-state index in [4.69, 9.17) is 9.47 Å². The standard InChI is InChI=1S/C27H21NO4/c29-26(20-31-27(30)21-10-4-1-5-11-21)32-25-18-16-24(17-19-25)28(22-12-6-2-7-13-22)23-14-8-3-9-15-23/h1-19H,20H2. The van der Waals surface area contributed by atoms with E-state index < -0.39 is 18.5 Å². The molecule has 0 amide bonds. The second kappa shape index (κ2) is 10.1. The quantitative estimate of drug-likeness (QED) is 0.273. The first-order chi connectivity index (χ1) is 15.7. The summed E-state index contributed by atoms with van der Waals surface area (Å²) in [5.74, 6) is -0.847. The van der Waals surface area contributed by atoms with Crippen LogP contribution < -0.4 is 9.64 Å². The van der Waals surface area contributed by atoms with Gasteiger partial charge in [-0.1, -0.05) is 54.6 Å². The van der Waals surface area contributed by atoms with Crippen LogP contribution in [0.3, 0.4) is 0 Å². The molecule has 158 valence electrons. The van der Waals surface area contributed by atoms with E-state index in [9.17, 15) is 9.59 Å². The van der Waals surface area contributed by atoms with Gasteiger partial charge in [-0.3, -0.25) is 0 Å². The van der Waals surface area contributed by atoms with Crippen LogP contribution in [-0.2, 0) is 9.53 Å². The van der Waals surface area contributed by atoms with Gasteiger partial charge in [0.15, 0.2) is 6.61 Å². The molecule has 0 bridgehead atoms. The first-order valence-electron chi connectivity index (χ1n) is 10.1. The van der Waals surface area contributed by atoms with Crippen LogP contribution >= 0.6 is 0 Å². The molecule has 32 heavy (non-hydrogen) atoms. The Labute approximate surface area is 186 Å². The summed E-state index contributed by atoms with van der Waals surface area (Å²) >= 11 is 0. The molecular formula is C27H21NO4. The molecule has 0 aromatic heterocycles. The number of benzene rings is 4. The fraction of sp³-hybridized carbons (Fsp3) is 0.0370. The van der Waals surface area contributed by atoms with E-state index in [2.05, 4.69) is 4.90 Å². The lowest BCUT2D eigenvalue weighted by Crippen LogP contribution is -2.19. The van der Waals surface area contributed by atoms with Crippen molar-refractivity contribution in [3.05, 3.63) is 121 Å². The number of nitrogens with zero attached hydrogens (tertiary/aromatic N) is 1. The SMILES string of the molecule is O=C(COC(=O)c1ccccc1)Oc1ccc(N(c2ccccc2)c2ccccc2)cc1. The van der Waals surface area contributed by atoms with Crippen LogP contribution in [0.2, 0.25) is 0 Å². The number of esters is 2. The van der Waals surface area contributed by atoms with Crippen LogP contribution in [0.15, 0.2) is 115 Å². The highest BCUT2D eigenvalue weighted by atomic mass is 16.6. The van der Waals surface area contributed by atoms with Crippen LogP contribution in [0.1, 0.15) is 10.4 Å². The summed E-state index contributed by atoms with van der Waals surface area (Å²) in [6.45, 7) is -0.463. The van der Waals surface area contributed by atoms with Crippen molar-refractivity contribution < 1.29 is 19.1 Å². The molecule has 0 aliphatic carbocycles. The summed E-state index contributed by atoms with van der Waals surface area (Å²) < 4.78 is 10.3. The smallest absolute Gasteiger partial charge is 0.349 e. The van der Waals surface area contributed by atoms with Gasteiger partial charge in [0.05, 0.1) is 5.56 Å². The molecule has 0 heterocycles. The Morgan fingerprint density at radius 1 is 0.594 bits per heavy atom. The molecule has 0 N–H and O–H groups in total. The lowest BCUT2D eigenvalue weighted by atomic mass is 10.2. The maximum absolute atomic E-state index is 12.1. The minimum Gasteiger partial charge on any atom is -0.450 e. The molecule has 0 aliphatic heterocycles. The molecule has 5 heteroatoms. The molecule has 0 aliphatic rings. The highest BCUT2D eigenvalue weighted by molar-refractivity contribution is 5.90. The zero-order valence-electron chi connectivity index (χ0n) is 17.3. The normalized spacial score (nSPS) is 10.2. The van der Waals surface area contributed by atoms with Crippen LogP contribution in [-0.4, -0.2) is 18.5 Å². The average Bonchev–Trinajstić information content (AvgIpc) is 2.86. The van der Waals surface area contributed by atoms with Crippen molar-refractivity contribution in [3.63, 3.8) is 0 Å². The number of ether oxygens (including phenoxy) is 2. The number of rotatable bonds is 7. The Morgan fingerprint density at radius 3 is 1.59 bits per heavy atom. The highest BCUT2D eigenvalue weighted by Gasteiger charge is 2.14.